The van der Waals surface area contributed by atoms with Crippen LogP contribution in [-0.2, 0) is 57.8 Å². The van der Waals surface area contributed by atoms with Crippen LogP contribution >= 0.6 is 0 Å². The zero-order valence-corrected chi connectivity index (χ0v) is 29.1. The Bertz CT molecular complexity index is 1440. The first-order chi connectivity index (χ1) is 23.5. The summed E-state index contributed by atoms with van der Waals surface area (Å²) >= 11 is 0. The summed E-state index contributed by atoms with van der Waals surface area (Å²) in [6, 6.07) is 0. The van der Waals surface area contributed by atoms with Gasteiger partial charge in [0.2, 0.25) is 6.10 Å². The maximum Gasteiger partial charge on any atom is 0.465 e. The first kappa shape index (κ1) is 36.9. The number of rotatable bonds is 14. The molecule has 0 aromatic carbocycles. The predicted molar refractivity (Wildman–Crippen MR) is 165 cm³/mol. The van der Waals surface area contributed by atoms with Crippen molar-refractivity contribution in [3.8, 4) is 0 Å². The Kier molecular flexibility index (Phi) is 10.0. The molecule has 16 heteroatoms. The first-order valence-electron chi connectivity index (χ1n) is 17.8. The lowest BCUT2D eigenvalue weighted by Crippen LogP contribution is -2.59. The predicted octanol–water partition coefficient (Wildman–Crippen LogP) is 4.15. The smallest absolute Gasteiger partial charge is 0.456 e. The van der Waals surface area contributed by atoms with E-state index in [2.05, 4.69) is 4.74 Å². The van der Waals surface area contributed by atoms with Gasteiger partial charge in [-0.3, -0.25) is 9.35 Å². The second kappa shape index (κ2) is 13.6. The van der Waals surface area contributed by atoms with Crippen LogP contribution in [0.25, 0.3) is 0 Å². The lowest BCUT2D eigenvalue weighted by Gasteiger charge is -2.60. The first-order valence-corrected chi connectivity index (χ1v) is 19.2. The lowest BCUT2D eigenvalue weighted by atomic mass is 9.49. The van der Waals surface area contributed by atoms with Crippen LogP contribution in [0.3, 0.4) is 0 Å². The molecule has 8 saturated carbocycles. The Hall–Kier alpha value is -2.88. The highest BCUT2D eigenvalue weighted by molar-refractivity contribution is 7.87. The third-order valence-electron chi connectivity index (χ3n) is 12.9. The number of ether oxygens (including phenoxy) is 5. The van der Waals surface area contributed by atoms with Gasteiger partial charge in [-0.05, 0) is 124 Å². The number of carbonyl (C=O) groups excluding carboxylic acids is 5. The quantitative estimate of drug-likeness (QED) is 0.153. The monoisotopic (exact) mass is 732 g/mol. The maximum absolute atomic E-state index is 14.0. The average Bonchev–Trinajstić information content (AvgIpc) is 3.04. The fraction of sp³-hybridized carbons (Fsp3) is 0.853. The minimum Gasteiger partial charge on any atom is -0.456 e. The molecule has 0 radical (unpaired) electrons. The van der Waals surface area contributed by atoms with Crippen molar-refractivity contribution in [3.63, 3.8) is 0 Å². The van der Waals surface area contributed by atoms with Crippen LogP contribution in [0, 0.1) is 47.3 Å². The van der Waals surface area contributed by atoms with E-state index >= 15 is 0 Å². The Balaban J connectivity index is 1.06. The van der Waals surface area contributed by atoms with Crippen LogP contribution < -0.4 is 0 Å². The van der Waals surface area contributed by atoms with Crippen molar-refractivity contribution in [2.75, 3.05) is 13.2 Å². The molecule has 8 aliphatic carbocycles. The standard InChI is InChI=1S/C34H46F2O13S/c1-3-32(22-7-18-5-19(9-22)10-23(32)8-18)48-28(38)16-45-27(37)15-26(47-31(41)34(35,36)50(42,43)44)30(40)46-17-29(39)49-33(4-2)24-11-20-6-21(13-24)14-25(33)12-20/h18-26H,3-17H2,1-2H3,(H,42,43,44). The molecule has 1 N–H and O–H groups in total. The Morgan fingerprint density at radius 3 is 1.42 bits per heavy atom. The van der Waals surface area contributed by atoms with Gasteiger partial charge in [-0.25, -0.2) is 19.2 Å². The molecule has 0 aromatic rings. The molecule has 8 rings (SSSR count). The van der Waals surface area contributed by atoms with E-state index in [0.29, 0.717) is 36.5 Å². The van der Waals surface area contributed by atoms with Crippen LogP contribution in [0.1, 0.15) is 97.3 Å². The molecule has 8 bridgehead atoms. The summed E-state index contributed by atoms with van der Waals surface area (Å²) in [5.74, 6) is -4.63. The van der Waals surface area contributed by atoms with E-state index in [0.717, 1.165) is 51.4 Å². The van der Waals surface area contributed by atoms with Gasteiger partial charge in [-0.1, -0.05) is 13.8 Å². The van der Waals surface area contributed by atoms with Crippen molar-refractivity contribution < 1.29 is 69.4 Å². The van der Waals surface area contributed by atoms with Crippen molar-refractivity contribution in [2.45, 2.75) is 120 Å². The summed E-state index contributed by atoms with van der Waals surface area (Å²) < 4.78 is 85.2. The largest absolute Gasteiger partial charge is 0.465 e. The molecular formula is C34H46F2O13S. The van der Waals surface area contributed by atoms with E-state index in [1.165, 1.54) is 12.8 Å². The van der Waals surface area contributed by atoms with Gasteiger partial charge in [-0.15, -0.1) is 0 Å². The summed E-state index contributed by atoms with van der Waals surface area (Å²) in [7, 11) is -6.32. The summed E-state index contributed by atoms with van der Waals surface area (Å²) in [6.45, 7) is 1.95. The molecule has 0 amide bonds. The molecule has 50 heavy (non-hydrogen) atoms. The van der Waals surface area contributed by atoms with E-state index in [4.69, 9.17) is 23.5 Å². The molecular weight excluding hydrogens is 686 g/mol. The zero-order chi connectivity index (χ0) is 36.2. The second-order valence-electron chi connectivity index (χ2n) is 15.5. The molecule has 1 unspecified atom stereocenters. The highest BCUT2D eigenvalue weighted by atomic mass is 32.2. The van der Waals surface area contributed by atoms with Gasteiger partial charge < -0.3 is 23.7 Å². The summed E-state index contributed by atoms with van der Waals surface area (Å²) in [5.41, 5.74) is -1.44. The molecule has 0 aromatic heterocycles. The molecule has 280 valence electrons. The van der Waals surface area contributed by atoms with Crippen LogP contribution in [-0.4, -0.2) is 78.6 Å². The third kappa shape index (κ3) is 6.74. The minimum absolute atomic E-state index is 0.150. The number of hydrogen-bond donors (Lipinski definition) is 1. The number of carbonyl (C=O) groups is 5. The fourth-order valence-corrected chi connectivity index (χ4v) is 11.4. The van der Waals surface area contributed by atoms with Crippen molar-refractivity contribution in [3.05, 3.63) is 0 Å². The molecule has 0 heterocycles. The second-order valence-corrected chi connectivity index (χ2v) is 17.0. The topological polar surface area (TPSA) is 186 Å². The lowest BCUT2D eigenvalue weighted by molar-refractivity contribution is -0.215. The van der Waals surface area contributed by atoms with Crippen LogP contribution in [0.4, 0.5) is 8.78 Å². The molecule has 8 fully saturated rings. The van der Waals surface area contributed by atoms with Gasteiger partial charge in [0.25, 0.3) is 0 Å². The van der Waals surface area contributed by atoms with Gasteiger partial charge in [0.15, 0.2) is 13.2 Å². The number of alkyl halides is 2. The van der Waals surface area contributed by atoms with Crippen molar-refractivity contribution in [1.29, 1.82) is 0 Å². The molecule has 0 saturated heterocycles. The fourth-order valence-electron chi connectivity index (χ4n) is 11.1. The van der Waals surface area contributed by atoms with Gasteiger partial charge >= 0.3 is 45.2 Å². The van der Waals surface area contributed by atoms with Crippen LogP contribution in [0.5, 0.6) is 0 Å². The van der Waals surface area contributed by atoms with Gasteiger partial charge in [0.1, 0.15) is 11.2 Å². The normalized spacial score (nSPS) is 37.1. The Morgan fingerprint density at radius 1 is 0.680 bits per heavy atom. The van der Waals surface area contributed by atoms with Gasteiger partial charge in [0, 0.05) is 0 Å². The average molecular weight is 733 g/mol. The van der Waals surface area contributed by atoms with Crippen molar-refractivity contribution in [2.24, 2.45) is 47.3 Å². The third-order valence-corrected chi connectivity index (χ3v) is 13.7. The van der Waals surface area contributed by atoms with Crippen LogP contribution in [0.15, 0.2) is 0 Å². The van der Waals surface area contributed by atoms with E-state index in [1.54, 1.807) is 0 Å². The van der Waals surface area contributed by atoms with Crippen molar-refractivity contribution in [1.82, 2.24) is 0 Å². The number of esters is 5. The van der Waals surface area contributed by atoms with Crippen molar-refractivity contribution >= 4 is 40.0 Å². The van der Waals surface area contributed by atoms with E-state index in [-0.39, 0.29) is 23.7 Å². The molecule has 1 atom stereocenters. The van der Waals surface area contributed by atoms with Gasteiger partial charge in [-0.2, -0.15) is 17.2 Å². The minimum atomic E-state index is -6.32. The van der Waals surface area contributed by atoms with E-state index in [1.807, 2.05) is 13.8 Å². The molecule has 0 spiro atoms. The van der Waals surface area contributed by atoms with E-state index in [9.17, 15) is 41.2 Å². The number of halogens is 2. The highest BCUT2D eigenvalue weighted by Gasteiger charge is 2.60. The Labute approximate surface area is 289 Å². The Morgan fingerprint density at radius 2 is 1.06 bits per heavy atom. The van der Waals surface area contributed by atoms with E-state index < -0.39 is 82.2 Å². The zero-order valence-electron chi connectivity index (χ0n) is 28.3. The summed E-state index contributed by atoms with van der Waals surface area (Å²) in [5, 5.41) is -5.50. The SMILES string of the molecule is CCC1(OC(=O)COC(=O)CC(OC(=O)C(F)(F)S(=O)(=O)O)C(=O)OCC(=O)OC2(CC)C3CC4CC(C3)CC2C4)C2CC3CC(C2)CC1C3. The maximum atomic E-state index is 14.0. The molecule has 8 aliphatic rings. The van der Waals surface area contributed by atoms with Gasteiger partial charge in [0.05, 0.1) is 6.42 Å². The number of hydrogen-bond acceptors (Lipinski definition) is 12. The summed E-state index contributed by atoms with van der Waals surface area (Å²) in [6.07, 6.45) is 7.15. The molecule has 13 nitrogen and oxygen atoms in total. The molecule has 0 aliphatic heterocycles. The van der Waals surface area contributed by atoms with Crippen LogP contribution in [0.2, 0.25) is 0 Å². The summed E-state index contributed by atoms with van der Waals surface area (Å²) in [4.78, 5) is 63.6. The highest BCUT2D eigenvalue weighted by Crippen LogP contribution is 2.62.